The number of hydrogen-bond donors (Lipinski definition) is 0. The molecule has 1 nitrogen and oxygen atoms in total. The van der Waals surface area contributed by atoms with Crippen molar-refractivity contribution in [3.8, 4) is 11.3 Å². The van der Waals surface area contributed by atoms with Gasteiger partial charge in [-0.25, -0.2) is 0 Å². The molecule has 2 aromatic rings. The minimum atomic E-state index is -2.14. The van der Waals surface area contributed by atoms with Crippen molar-refractivity contribution >= 4 is 0 Å². The molecule has 0 radical (unpaired) electrons. The van der Waals surface area contributed by atoms with Crippen LogP contribution in [0.4, 0.5) is 0 Å². The van der Waals surface area contributed by atoms with Gasteiger partial charge in [0.15, 0.2) is 0 Å². The largest absolute Gasteiger partial charge is 3.00 e. The van der Waals surface area contributed by atoms with E-state index >= 15 is 0 Å². The first-order valence-corrected chi connectivity index (χ1v) is 5.92. The van der Waals surface area contributed by atoms with Crippen LogP contribution < -0.4 is 0 Å². The van der Waals surface area contributed by atoms with Crippen LogP contribution in [0.5, 0.6) is 0 Å². The van der Waals surface area contributed by atoms with Gasteiger partial charge in [-0.05, 0) is 23.0 Å². The number of aromatic nitrogens is 1. The Bertz CT molecular complexity index is 671. The topological polar surface area (TPSA) is 12.9 Å². The fourth-order valence-electron chi connectivity index (χ4n) is 1.64. The number of nitrogens with zero attached hydrogens (tertiary/aromatic N) is 1. The van der Waals surface area contributed by atoms with Gasteiger partial charge in [0.1, 0.15) is 0 Å². The molecule has 0 aliphatic heterocycles. The van der Waals surface area contributed by atoms with Crippen LogP contribution in [-0.2, 0) is 26.5 Å². The second-order valence-electron chi connectivity index (χ2n) is 5.30. The van der Waals surface area contributed by atoms with Crippen molar-refractivity contribution in [1.29, 1.82) is 0 Å². The van der Waals surface area contributed by atoms with E-state index in [1.807, 2.05) is 20.8 Å². The maximum absolute atomic E-state index is 8.25. The molecule has 1 heterocycles. The molecule has 2 heteroatoms. The third kappa shape index (κ3) is 7.02. The second-order valence-corrected chi connectivity index (χ2v) is 5.30. The Morgan fingerprint density at radius 2 is 1.90 bits per heavy atom. The molecule has 0 bridgehead atoms. The first-order chi connectivity index (χ1) is 10.4. The third-order valence-electron chi connectivity index (χ3n) is 2.37. The van der Waals surface area contributed by atoms with E-state index in [1.165, 1.54) is 12.3 Å². The van der Waals surface area contributed by atoms with Gasteiger partial charge in [-0.1, -0.05) is 39.8 Å². The van der Waals surface area contributed by atoms with E-state index in [1.54, 1.807) is 24.3 Å². The van der Waals surface area contributed by atoms with E-state index < -0.39 is 18.6 Å². The first kappa shape index (κ1) is 13.7. The average Bonchev–Trinajstić information content (AvgIpc) is 2.45. The van der Waals surface area contributed by atoms with E-state index in [4.69, 9.17) is 6.85 Å². The van der Waals surface area contributed by atoms with Crippen LogP contribution in [0.1, 0.15) is 38.8 Å². The van der Waals surface area contributed by atoms with E-state index in [2.05, 4.69) is 11.1 Å². The molecule has 116 valence electrons. The normalized spacial score (nSPS) is 14.7. The van der Waals surface area contributed by atoms with Crippen molar-refractivity contribution < 1.29 is 27.0 Å². The van der Waals surface area contributed by atoms with E-state index in [0.29, 0.717) is 16.8 Å². The summed E-state index contributed by atoms with van der Waals surface area (Å²) in [4.78, 5) is 4.31. The van der Waals surface area contributed by atoms with Crippen molar-refractivity contribution in [3.05, 3.63) is 68.6 Å². The van der Waals surface area contributed by atoms with Gasteiger partial charge >= 0.3 is 20.1 Å². The van der Waals surface area contributed by atoms with Gasteiger partial charge in [-0.15, -0.1) is 35.4 Å². The molecule has 0 fully saturated rings. The van der Waals surface area contributed by atoms with E-state index in [-0.39, 0.29) is 40.5 Å². The van der Waals surface area contributed by atoms with Crippen LogP contribution in [0, 0.1) is 33.2 Å². The van der Waals surface area contributed by atoms with Gasteiger partial charge in [-0.3, -0.25) is 0 Å². The summed E-state index contributed by atoms with van der Waals surface area (Å²) < 4.78 is 38.6. The molecule has 0 spiro atoms. The molecule has 0 aliphatic carbocycles. The molecule has 1 aromatic carbocycles. The molecule has 0 amide bonds. The molecule has 0 unspecified atom stereocenters. The molecule has 0 N–H and O–H groups in total. The van der Waals surface area contributed by atoms with Crippen LogP contribution in [0.25, 0.3) is 11.3 Å². The zero-order chi connectivity index (χ0) is 17.5. The minimum Gasteiger partial charge on any atom is -0.358 e. The predicted molar refractivity (Wildman–Crippen MR) is 89.2 cm³/mol. The van der Waals surface area contributed by atoms with Crippen molar-refractivity contribution in [2.75, 3.05) is 0 Å². The zero-order valence-electron chi connectivity index (χ0n) is 18.2. The summed E-state index contributed by atoms with van der Waals surface area (Å²) in [6, 6.07) is 11.1. The first-order valence-electron chi connectivity index (χ1n) is 8.42. The van der Waals surface area contributed by atoms with Gasteiger partial charge in [0.2, 0.25) is 0 Å². The Hall–Kier alpha value is -0.981. The summed E-state index contributed by atoms with van der Waals surface area (Å²) in [6.07, 6.45) is 0.0411. The standard InChI is InChI=1S/C17H20N.2CH3.Ir/c1-13-5-8-15(9-6-13)16-10-7-14(12-18-16)11-17(2,3)4;;;/h5-8,10,12H,11H2,1-4H3;2*1H3;/q3*-1;+3/i1D3,11D2;;;. The fraction of sp³-hybridized carbons (Fsp3) is 0.316. The predicted octanol–water partition coefficient (Wildman–Crippen LogP) is 5.34. The molecular formula is C19H26IrN. The minimum absolute atomic E-state index is 0. The van der Waals surface area contributed by atoms with Crippen molar-refractivity contribution in [2.45, 2.75) is 34.0 Å². The quantitative estimate of drug-likeness (QED) is 0.545. The summed E-state index contributed by atoms with van der Waals surface area (Å²) in [6.45, 7) is 3.40. The monoisotopic (exact) mass is 466 g/mol. The molecule has 0 atom stereocenters. The number of pyridine rings is 1. The summed E-state index contributed by atoms with van der Waals surface area (Å²) in [5.41, 5.74) is 1.54. The van der Waals surface area contributed by atoms with Crippen molar-refractivity contribution in [3.63, 3.8) is 0 Å². The molecule has 21 heavy (non-hydrogen) atoms. The smallest absolute Gasteiger partial charge is 0.358 e. The number of rotatable bonds is 2. The molecule has 0 aliphatic rings. The molecule has 0 saturated heterocycles. The Balaban J connectivity index is 0. The molecule has 0 saturated carbocycles. The van der Waals surface area contributed by atoms with Crippen molar-refractivity contribution in [1.82, 2.24) is 4.98 Å². The Labute approximate surface area is 151 Å². The molecular weight excluding hydrogens is 434 g/mol. The zero-order valence-corrected chi connectivity index (χ0v) is 15.6. The second kappa shape index (κ2) is 9.12. The maximum atomic E-state index is 8.25. The molecule has 1 aromatic heterocycles. The van der Waals surface area contributed by atoms with Gasteiger partial charge in [0.05, 0.1) is 0 Å². The Morgan fingerprint density at radius 3 is 2.33 bits per heavy atom. The molecule has 2 rings (SSSR count). The average molecular weight is 466 g/mol. The van der Waals surface area contributed by atoms with Crippen LogP contribution in [-0.4, -0.2) is 4.98 Å². The van der Waals surface area contributed by atoms with E-state index in [9.17, 15) is 0 Å². The SMILES string of the molecule is [2H]C([2H])([2H])c1c[c-]c(-c2ccc(C([2H])([2H])C(C)(C)C)cn2)cc1.[CH3-].[CH3-].[Ir+3]. The van der Waals surface area contributed by atoms with Crippen molar-refractivity contribution in [2.24, 2.45) is 5.41 Å². The fourth-order valence-corrected chi connectivity index (χ4v) is 1.64. The third-order valence-corrected chi connectivity index (χ3v) is 2.37. The number of benzene rings is 1. The summed E-state index contributed by atoms with van der Waals surface area (Å²) in [7, 11) is 0. The van der Waals surface area contributed by atoms with Gasteiger partial charge in [0.25, 0.3) is 0 Å². The van der Waals surface area contributed by atoms with Crippen LogP contribution in [0.2, 0.25) is 0 Å². The Kier molecular flexibility index (Phi) is 5.94. The van der Waals surface area contributed by atoms with E-state index in [0.717, 1.165) is 0 Å². The van der Waals surface area contributed by atoms with Crippen LogP contribution in [0.15, 0.2) is 36.5 Å². The van der Waals surface area contributed by atoms with Crippen LogP contribution >= 0.6 is 0 Å². The Morgan fingerprint density at radius 1 is 1.19 bits per heavy atom. The van der Waals surface area contributed by atoms with Crippen LogP contribution in [0.3, 0.4) is 0 Å². The number of hydrogen-bond acceptors (Lipinski definition) is 1. The van der Waals surface area contributed by atoms with Gasteiger partial charge in [-0.2, -0.15) is 0 Å². The summed E-state index contributed by atoms with van der Waals surface area (Å²) in [5, 5.41) is 0. The number of aryl methyl sites for hydroxylation is 1. The summed E-state index contributed by atoms with van der Waals surface area (Å²) in [5.74, 6) is 0. The maximum Gasteiger partial charge on any atom is 3.00 e. The summed E-state index contributed by atoms with van der Waals surface area (Å²) >= 11 is 0. The van der Waals surface area contributed by atoms with Gasteiger partial charge in [0, 0.05) is 13.1 Å². The van der Waals surface area contributed by atoms with Gasteiger partial charge < -0.3 is 19.8 Å².